The number of aryl methyl sites for hydroxylation is 1. The number of anilines is 1. The van der Waals surface area contributed by atoms with Crippen molar-refractivity contribution in [1.29, 1.82) is 0 Å². The molecule has 0 saturated heterocycles. The number of para-hydroxylation sites is 1. The molecule has 2 aliphatic heterocycles. The van der Waals surface area contributed by atoms with Gasteiger partial charge in [-0.1, -0.05) is 60.7 Å². The number of nitrogens with zero attached hydrogens (tertiary/aromatic N) is 2. The first-order valence-electron chi connectivity index (χ1n) is 10.1. The zero-order chi connectivity index (χ0) is 19.7. The molecule has 0 fully saturated rings. The van der Waals surface area contributed by atoms with Crippen molar-refractivity contribution >= 4 is 17.8 Å². The molecule has 0 aliphatic carbocycles. The molecular weight excluding hydrogens is 356 g/mol. The Morgan fingerprint density at radius 2 is 1.72 bits per heavy atom. The van der Waals surface area contributed by atoms with Gasteiger partial charge in [0.25, 0.3) is 0 Å². The van der Waals surface area contributed by atoms with Crippen LogP contribution in [0, 0.1) is 0 Å². The van der Waals surface area contributed by atoms with Crippen molar-refractivity contribution < 1.29 is 4.74 Å². The van der Waals surface area contributed by atoms with Gasteiger partial charge in [0.15, 0.2) is 5.72 Å². The van der Waals surface area contributed by atoms with Crippen molar-refractivity contribution in [3.63, 3.8) is 0 Å². The van der Waals surface area contributed by atoms with E-state index in [0.29, 0.717) is 0 Å². The maximum Gasteiger partial charge on any atom is 0.186 e. The van der Waals surface area contributed by atoms with Crippen LogP contribution in [-0.2, 0) is 6.42 Å². The summed E-state index contributed by atoms with van der Waals surface area (Å²) in [6, 6.07) is 25.1. The van der Waals surface area contributed by atoms with Gasteiger partial charge in [-0.3, -0.25) is 4.99 Å². The van der Waals surface area contributed by atoms with E-state index >= 15 is 0 Å². The highest BCUT2D eigenvalue weighted by atomic mass is 16.5. The Labute approximate surface area is 171 Å². The summed E-state index contributed by atoms with van der Waals surface area (Å²) in [5.74, 6) is 0.900. The Morgan fingerprint density at radius 3 is 2.52 bits per heavy atom. The lowest BCUT2D eigenvalue weighted by molar-refractivity contribution is 0.0649. The summed E-state index contributed by atoms with van der Waals surface area (Å²) in [5.41, 5.74) is 3.27. The van der Waals surface area contributed by atoms with Gasteiger partial charge in [-0.25, -0.2) is 0 Å². The molecule has 5 rings (SSSR count). The molecule has 0 amide bonds. The van der Waals surface area contributed by atoms with Crippen LogP contribution in [0.5, 0.6) is 5.75 Å². The van der Waals surface area contributed by atoms with Gasteiger partial charge in [-0.15, -0.1) is 0 Å². The third-order valence-corrected chi connectivity index (χ3v) is 5.97. The van der Waals surface area contributed by atoms with Crippen LogP contribution in [0.4, 0.5) is 5.69 Å². The zero-order valence-corrected chi connectivity index (χ0v) is 16.6. The van der Waals surface area contributed by atoms with Crippen molar-refractivity contribution in [2.75, 3.05) is 11.9 Å². The normalized spacial score (nSPS) is 19.1. The fourth-order valence-corrected chi connectivity index (χ4v) is 4.36. The SMILES string of the molecule is CN1c2c3c(ccc2=CCC1(CCc1ccccc1)Oc1ccccc1)=NC=C3. The molecule has 0 radical (unpaired) electrons. The van der Waals surface area contributed by atoms with E-state index in [9.17, 15) is 0 Å². The Balaban J connectivity index is 1.56. The standard InChI is InChI=1S/C26H24N2O/c1-28-25-21(12-13-24-23(25)16-19-27-24)15-18-26(28,29-22-10-6-3-7-11-22)17-14-20-8-4-2-5-9-20/h2-13,15-16,19H,14,17-18H2,1H3. The molecule has 0 spiro atoms. The summed E-state index contributed by atoms with van der Waals surface area (Å²) in [5, 5.41) is 2.28. The maximum atomic E-state index is 6.73. The van der Waals surface area contributed by atoms with E-state index in [1.807, 2.05) is 36.5 Å². The summed E-state index contributed by atoms with van der Waals surface area (Å²) in [4.78, 5) is 6.84. The molecule has 1 atom stereocenters. The van der Waals surface area contributed by atoms with Crippen molar-refractivity contribution in [2.24, 2.45) is 4.99 Å². The van der Waals surface area contributed by atoms with Gasteiger partial charge in [0.05, 0.1) is 11.0 Å². The van der Waals surface area contributed by atoms with Crippen molar-refractivity contribution in [2.45, 2.75) is 25.0 Å². The van der Waals surface area contributed by atoms with E-state index in [4.69, 9.17) is 4.74 Å². The second-order valence-corrected chi connectivity index (χ2v) is 7.70. The smallest absolute Gasteiger partial charge is 0.186 e. The van der Waals surface area contributed by atoms with Crippen molar-refractivity contribution in [3.05, 3.63) is 101 Å². The Bertz CT molecular complexity index is 1170. The van der Waals surface area contributed by atoms with Crippen LogP contribution in [0.15, 0.2) is 84.0 Å². The van der Waals surface area contributed by atoms with Gasteiger partial charge in [0.2, 0.25) is 0 Å². The second kappa shape index (κ2) is 7.25. The monoisotopic (exact) mass is 380 g/mol. The van der Waals surface area contributed by atoms with Crippen LogP contribution < -0.4 is 20.2 Å². The van der Waals surface area contributed by atoms with Gasteiger partial charge in [0.1, 0.15) is 5.75 Å². The average Bonchev–Trinajstić information content (AvgIpc) is 3.25. The van der Waals surface area contributed by atoms with Gasteiger partial charge < -0.3 is 9.64 Å². The summed E-state index contributed by atoms with van der Waals surface area (Å²) in [6.07, 6.45) is 8.98. The predicted molar refractivity (Wildman–Crippen MR) is 118 cm³/mol. The molecule has 1 unspecified atom stereocenters. The number of hydrogen-bond acceptors (Lipinski definition) is 3. The summed E-state index contributed by atoms with van der Waals surface area (Å²) < 4.78 is 6.73. The minimum Gasteiger partial charge on any atom is -0.468 e. The highest BCUT2D eigenvalue weighted by Gasteiger charge is 2.39. The second-order valence-electron chi connectivity index (χ2n) is 7.70. The molecular formula is C26H24N2O. The van der Waals surface area contributed by atoms with Crippen molar-refractivity contribution in [3.8, 4) is 5.75 Å². The summed E-state index contributed by atoms with van der Waals surface area (Å²) in [6.45, 7) is 0. The molecule has 3 heteroatoms. The van der Waals surface area contributed by atoms with Crippen LogP contribution >= 0.6 is 0 Å². The Morgan fingerprint density at radius 1 is 0.966 bits per heavy atom. The third kappa shape index (κ3) is 3.23. The number of benzene rings is 3. The summed E-state index contributed by atoms with van der Waals surface area (Å²) >= 11 is 0. The van der Waals surface area contributed by atoms with E-state index < -0.39 is 5.72 Å². The fourth-order valence-electron chi connectivity index (χ4n) is 4.36. The topological polar surface area (TPSA) is 24.8 Å². The molecule has 0 bridgehead atoms. The molecule has 144 valence electrons. The van der Waals surface area contributed by atoms with Crippen LogP contribution in [0.2, 0.25) is 0 Å². The summed E-state index contributed by atoms with van der Waals surface area (Å²) in [7, 11) is 2.16. The molecule has 2 aliphatic rings. The quantitative estimate of drug-likeness (QED) is 0.659. The predicted octanol–water partition coefficient (Wildman–Crippen LogP) is 4.32. The lowest BCUT2D eigenvalue weighted by atomic mass is 9.92. The van der Waals surface area contributed by atoms with Gasteiger partial charge >= 0.3 is 0 Å². The molecule has 3 nitrogen and oxygen atoms in total. The zero-order valence-electron chi connectivity index (χ0n) is 16.6. The third-order valence-electron chi connectivity index (χ3n) is 5.97. The Kier molecular flexibility index (Phi) is 4.44. The largest absolute Gasteiger partial charge is 0.468 e. The lowest BCUT2D eigenvalue weighted by Crippen LogP contribution is -2.55. The molecule has 3 aromatic rings. The maximum absolute atomic E-state index is 6.73. The lowest BCUT2D eigenvalue weighted by Gasteiger charge is -2.45. The van der Waals surface area contributed by atoms with Gasteiger partial charge in [-0.2, -0.15) is 0 Å². The van der Waals surface area contributed by atoms with Gasteiger partial charge in [-0.05, 0) is 41.5 Å². The number of fused-ring (bicyclic) bond motifs is 3. The first-order chi connectivity index (χ1) is 14.3. The first-order valence-corrected chi connectivity index (χ1v) is 10.1. The minimum atomic E-state index is -0.449. The van der Waals surface area contributed by atoms with E-state index in [0.717, 1.165) is 30.4 Å². The highest BCUT2D eigenvalue weighted by Crippen LogP contribution is 2.36. The fraction of sp³-hybridized carbons (Fsp3) is 0.192. The van der Waals surface area contributed by atoms with E-state index in [1.165, 1.54) is 22.0 Å². The molecule has 3 aromatic carbocycles. The van der Waals surface area contributed by atoms with E-state index in [1.54, 1.807) is 0 Å². The Hall–Kier alpha value is -3.33. The number of rotatable bonds is 5. The molecule has 0 N–H and O–H groups in total. The van der Waals surface area contributed by atoms with Crippen LogP contribution in [0.25, 0.3) is 12.2 Å². The molecule has 0 aromatic heterocycles. The van der Waals surface area contributed by atoms with E-state index in [2.05, 4.69) is 71.6 Å². The van der Waals surface area contributed by atoms with Gasteiger partial charge in [0, 0.05) is 31.7 Å². The van der Waals surface area contributed by atoms with Crippen LogP contribution in [0.3, 0.4) is 0 Å². The van der Waals surface area contributed by atoms with Crippen molar-refractivity contribution in [1.82, 2.24) is 0 Å². The van der Waals surface area contributed by atoms with Crippen LogP contribution in [0.1, 0.15) is 24.0 Å². The van der Waals surface area contributed by atoms with Crippen LogP contribution in [-0.4, -0.2) is 12.8 Å². The molecule has 2 heterocycles. The van der Waals surface area contributed by atoms with E-state index in [-0.39, 0.29) is 0 Å². The highest BCUT2D eigenvalue weighted by molar-refractivity contribution is 5.72. The number of ether oxygens (including phenoxy) is 1. The molecule has 0 saturated carbocycles. The molecule has 29 heavy (non-hydrogen) atoms. The average molecular weight is 380 g/mol. The number of hydrogen-bond donors (Lipinski definition) is 0. The first kappa shape index (κ1) is 17.7. The minimum absolute atomic E-state index is 0.449.